The first-order valence-electron chi connectivity index (χ1n) is 11.2. The Labute approximate surface area is 227 Å². The zero-order chi connectivity index (χ0) is 27.4. The van der Waals surface area contributed by atoms with Crippen LogP contribution in [0.25, 0.3) is 0 Å². The summed E-state index contributed by atoms with van der Waals surface area (Å²) in [4.78, 5) is 29.4. The second-order valence-electron chi connectivity index (χ2n) is 7.84. The number of ether oxygens (including phenoxy) is 6. The second kappa shape index (κ2) is 11.4. The van der Waals surface area contributed by atoms with Gasteiger partial charge in [0.2, 0.25) is 23.8 Å². The lowest BCUT2D eigenvalue weighted by Gasteiger charge is -2.19. The molecule has 0 saturated heterocycles. The second-order valence-corrected chi connectivity index (χ2v) is 8.76. The quantitative estimate of drug-likeness (QED) is 0.281. The van der Waals surface area contributed by atoms with Gasteiger partial charge in [0.05, 0.1) is 34.0 Å². The molecule has 2 aromatic carbocycles. The molecule has 0 aliphatic carbocycles. The number of pyridine rings is 1. The number of halogens is 1. The van der Waals surface area contributed by atoms with Gasteiger partial charge in [0.25, 0.3) is 0 Å². The fraction of sp³-hybridized carbons (Fsp3) is 0.231. The molecule has 4 rings (SSSR count). The Morgan fingerprint density at radius 2 is 1.58 bits per heavy atom. The fourth-order valence-electron chi connectivity index (χ4n) is 3.71. The Balaban J connectivity index is 1.60. The van der Waals surface area contributed by atoms with Crippen molar-refractivity contribution in [3.8, 4) is 28.7 Å². The lowest BCUT2D eigenvalue weighted by atomic mass is 10.1. The first-order chi connectivity index (χ1) is 18.3. The van der Waals surface area contributed by atoms with Crippen LogP contribution in [-0.2, 0) is 9.53 Å². The van der Waals surface area contributed by atoms with Crippen LogP contribution in [0.15, 0.2) is 58.4 Å². The Morgan fingerprint density at radius 3 is 2.16 bits per heavy atom. The Hall–Kier alpha value is -4.32. The molecule has 2 heterocycles. The number of aromatic nitrogens is 1. The molecule has 0 bridgehead atoms. The minimum Gasteiger partial charge on any atom is -0.493 e. The SMILES string of the molecule is COc1cc(C2=NN(C(C)=O)C(c3cncc(Br)c3)O2)ccc1OC(=O)c1cc(OC)c(OC)c(OC)c1. The molecule has 1 amide bonds. The molecule has 3 aromatic rings. The standard InChI is InChI=1S/C26H24BrN3O8/c1-14(31)30-25(17-8-18(27)13-28-12-17)38-24(29-30)15-6-7-19(20(9-15)33-2)37-26(32)16-10-21(34-3)23(36-5)22(11-16)35-4/h6-13,25H,1-5H3. The molecule has 1 aliphatic heterocycles. The van der Waals surface area contributed by atoms with Gasteiger partial charge in [-0.25, -0.2) is 4.79 Å². The molecule has 12 heteroatoms. The molecule has 0 radical (unpaired) electrons. The van der Waals surface area contributed by atoms with Crippen LogP contribution in [0.5, 0.6) is 28.7 Å². The first kappa shape index (κ1) is 26.7. The van der Waals surface area contributed by atoms with Gasteiger partial charge in [-0.05, 0) is 52.3 Å². The molecule has 1 aliphatic rings. The van der Waals surface area contributed by atoms with E-state index in [1.807, 2.05) is 0 Å². The maximum Gasteiger partial charge on any atom is 0.343 e. The van der Waals surface area contributed by atoms with Gasteiger partial charge in [-0.2, -0.15) is 5.01 Å². The van der Waals surface area contributed by atoms with E-state index in [1.54, 1.807) is 36.7 Å². The third-order valence-electron chi connectivity index (χ3n) is 5.49. The van der Waals surface area contributed by atoms with E-state index in [-0.39, 0.29) is 28.9 Å². The lowest BCUT2D eigenvalue weighted by Crippen LogP contribution is -2.25. The molecule has 198 valence electrons. The number of hydrogen-bond acceptors (Lipinski definition) is 10. The Morgan fingerprint density at radius 1 is 0.895 bits per heavy atom. The number of esters is 1. The molecule has 1 unspecified atom stereocenters. The van der Waals surface area contributed by atoms with Crippen molar-refractivity contribution in [1.82, 2.24) is 9.99 Å². The number of benzene rings is 2. The molecule has 1 aromatic heterocycles. The molecule has 0 saturated carbocycles. The van der Waals surface area contributed by atoms with Crippen LogP contribution in [-0.4, -0.2) is 56.2 Å². The fourth-order valence-corrected chi connectivity index (χ4v) is 4.09. The highest BCUT2D eigenvalue weighted by Gasteiger charge is 2.34. The van der Waals surface area contributed by atoms with Crippen LogP contribution in [0.2, 0.25) is 0 Å². The highest BCUT2D eigenvalue weighted by molar-refractivity contribution is 9.10. The van der Waals surface area contributed by atoms with Gasteiger partial charge in [-0.3, -0.25) is 9.78 Å². The number of rotatable bonds is 8. The average Bonchev–Trinajstić information content (AvgIpc) is 3.38. The van der Waals surface area contributed by atoms with Crippen molar-refractivity contribution in [2.24, 2.45) is 5.10 Å². The van der Waals surface area contributed by atoms with Gasteiger partial charge in [0.1, 0.15) is 0 Å². The molecule has 0 spiro atoms. The summed E-state index contributed by atoms with van der Waals surface area (Å²) in [6.45, 7) is 1.39. The summed E-state index contributed by atoms with van der Waals surface area (Å²) >= 11 is 3.38. The number of nitrogens with zero attached hydrogens (tertiary/aromatic N) is 3. The first-order valence-corrected chi connectivity index (χ1v) is 11.9. The minimum atomic E-state index is -0.795. The lowest BCUT2D eigenvalue weighted by molar-refractivity contribution is -0.135. The van der Waals surface area contributed by atoms with E-state index in [0.29, 0.717) is 28.4 Å². The molecule has 11 nitrogen and oxygen atoms in total. The van der Waals surface area contributed by atoms with Crippen molar-refractivity contribution in [3.05, 3.63) is 70.0 Å². The third-order valence-corrected chi connectivity index (χ3v) is 5.93. The van der Waals surface area contributed by atoms with Crippen LogP contribution < -0.4 is 23.7 Å². The van der Waals surface area contributed by atoms with E-state index in [4.69, 9.17) is 28.4 Å². The number of hydrazone groups is 1. The minimum absolute atomic E-state index is 0.157. The van der Waals surface area contributed by atoms with Crippen molar-refractivity contribution >= 4 is 33.7 Å². The zero-order valence-corrected chi connectivity index (χ0v) is 22.8. The summed E-state index contributed by atoms with van der Waals surface area (Å²) in [5.41, 5.74) is 1.32. The smallest absolute Gasteiger partial charge is 0.343 e. The zero-order valence-electron chi connectivity index (χ0n) is 21.2. The van der Waals surface area contributed by atoms with Crippen LogP contribution in [0.3, 0.4) is 0 Å². The molecule has 1 atom stereocenters. The third kappa shape index (κ3) is 5.35. The number of carbonyl (C=O) groups is 2. The maximum atomic E-state index is 13.0. The van der Waals surface area contributed by atoms with Gasteiger partial charge in [0, 0.05) is 34.9 Å². The summed E-state index contributed by atoms with van der Waals surface area (Å²) in [7, 11) is 5.81. The number of methoxy groups -OCH3 is 4. The van der Waals surface area contributed by atoms with Crippen molar-refractivity contribution in [1.29, 1.82) is 0 Å². The number of amides is 1. The van der Waals surface area contributed by atoms with E-state index < -0.39 is 12.2 Å². The van der Waals surface area contributed by atoms with Gasteiger partial charge in [-0.1, -0.05) is 0 Å². The number of carbonyl (C=O) groups excluding carboxylic acids is 2. The normalized spacial score (nSPS) is 14.3. The van der Waals surface area contributed by atoms with Gasteiger partial charge >= 0.3 is 5.97 Å². The predicted octanol–water partition coefficient (Wildman–Crippen LogP) is 4.34. The van der Waals surface area contributed by atoms with Crippen LogP contribution in [0.1, 0.15) is 34.6 Å². The van der Waals surface area contributed by atoms with Gasteiger partial charge in [-0.15, -0.1) is 5.10 Å². The van der Waals surface area contributed by atoms with Crippen molar-refractivity contribution in [2.75, 3.05) is 28.4 Å². The maximum absolute atomic E-state index is 13.0. The number of hydrogen-bond donors (Lipinski definition) is 0. The van der Waals surface area contributed by atoms with E-state index in [2.05, 4.69) is 26.0 Å². The summed E-state index contributed by atoms with van der Waals surface area (Å²) in [6, 6.07) is 9.54. The highest BCUT2D eigenvalue weighted by Crippen LogP contribution is 2.39. The molecule has 0 fully saturated rings. The monoisotopic (exact) mass is 585 g/mol. The highest BCUT2D eigenvalue weighted by atomic mass is 79.9. The molecular formula is C26H24BrN3O8. The van der Waals surface area contributed by atoms with Crippen molar-refractivity contribution in [3.63, 3.8) is 0 Å². The summed E-state index contributed by atoms with van der Waals surface area (Å²) in [5.74, 6) is 0.572. The van der Waals surface area contributed by atoms with E-state index in [0.717, 1.165) is 4.47 Å². The van der Waals surface area contributed by atoms with E-state index in [1.165, 1.54) is 52.5 Å². The predicted molar refractivity (Wildman–Crippen MR) is 139 cm³/mol. The summed E-state index contributed by atoms with van der Waals surface area (Å²) in [6.07, 6.45) is 2.42. The largest absolute Gasteiger partial charge is 0.493 e. The van der Waals surface area contributed by atoms with Crippen LogP contribution in [0, 0.1) is 0 Å². The van der Waals surface area contributed by atoms with Gasteiger partial charge in [0.15, 0.2) is 23.0 Å². The van der Waals surface area contributed by atoms with Crippen LogP contribution >= 0.6 is 15.9 Å². The van der Waals surface area contributed by atoms with E-state index >= 15 is 0 Å². The van der Waals surface area contributed by atoms with Crippen molar-refractivity contribution < 1.29 is 38.0 Å². The summed E-state index contributed by atoms with van der Waals surface area (Å²) < 4.78 is 33.7. The summed E-state index contributed by atoms with van der Waals surface area (Å²) in [5, 5.41) is 5.57. The van der Waals surface area contributed by atoms with Crippen molar-refractivity contribution in [2.45, 2.75) is 13.2 Å². The Kier molecular flexibility index (Phi) is 8.01. The average molecular weight is 586 g/mol. The molecule has 38 heavy (non-hydrogen) atoms. The van der Waals surface area contributed by atoms with Gasteiger partial charge < -0.3 is 28.4 Å². The Bertz CT molecular complexity index is 1390. The topological polar surface area (TPSA) is 118 Å². The molecule has 0 N–H and O–H groups in total. The van der Waals surface area contributed by atoms with Crippen LogP contribution in [0.4, 0.5) is 0 Å². The molecular weight excluding hydrogens is 562 g/mol. The van der Waals surface area contributed by atoms with E-state index in [9.17, 15) is 9.59 Å².